The number of para-hydroxylation sites is 1. The van der Waals surface area contributed by atoms with Crippen LogP contribution in [-0.4, -0.2) is 23.2 Å². The number of hydrogen-bond acceptors (Lipinski definition) is 4. The predicted octanol–water partition coefficient (Wildman–Crippen LogP) is 3.38. The van der Waals surface area contributed by atoms with Gasteiger partial charge in [0.1, 0.15) is 11.4 Å². The van der Waals surface area contributed by atoms with Crippen LogP contribution < -0.4 is 10.2 Å². The van der Waals surface area contributed by atoms with E-state index in [0.717, 1.165) is 9.80 Å². The molecule has 0 unspecified atom stereocenters. The van der Waals surface area contributed by atoms with Gasteiger partial charge >= 0.3 is 0 Å². The molecule has 0 aromatic heterocycles. The Hall–Kier alpha value is -2.51. The zero-order chi connectivity index (χ0) is 18.0. The van der Waals surface area contributed by atoms with Gasteiger partial charge in [0.2, 0.25) is 0 Å². The second-order valence-corrected chi connectivity index (χ2v) is 6.45. The summed E-state index contributed by atoms with van der Waals surface area (Å²) in [6.45, 7) is 0. The van der Waals surface area contributed by atoms with Crippen molar-refractivity contribution in [2.45, 2.75) is 4.90 Å². The van der Waals surface area contributed by atoms with Crippen molar-refractivity contribution in [2.24, 2.45) is 0 Å². The molecule has 1 heterocycles. The average molecular weight is 372 g/mol. The lowest BCUT2D eigenvalue weighted by Gasteiger charge is -2.29. The van der Waals surface area contributed by atoms with Gasteiger partial charge in [-0.15, -0.1) is 11.8 Å². The highest BCUT2D eigenvalue weighted by Gasteiger charge is 2.35. The van der Waals surface area contributed by atoms with Crippen LogP contribution in [0.25, 0.3) is 6.08 Å². The van der Waals surface area contributed by atoms with Gasteiger partial charge in [-0.25, -0.2) is 9.29 Å². The molecule has 126 valence electrons. The van der Waals surface area contributed by atoms with Gasteiger partial charge in [-0.1, -0.05) is 24.3 Å². The standard InChI is InChI=1S/C18H13FN2O2S2/c1-25-12-8-6-11(7-9-12)10-13-16(22)20-18(24)21(17(13)23)15-5-3-2-4-14(15)19/h2-10H,1H3,(H,20,22,24). The van der Waals surface area contributed by atoms with Crippen LogP contribution in [0, 0.1) is 5.82 Å². The van der Waals surface area contributed by atoms with Gasteiger partial charge in [0.25, 0.3) is 11.8 Å². The molecule has 2 aromatic rings. The van der Waals surface area contributed by atoms with Crippen molar-refractivity contribution in [1.29, 1.82) is 0 Å². The third-order valence-electron chi connectivity index (χ3n) is 3.62. The molecule has 3 rings (SSSR count). The summed E-state index contributed by atoms with van der Waals surface area (Å²) >= 11 is 6.64. The van der Waals surface area contributed by atoms with E-state index in [2.05, 4.69) is 5.32 Å². The van der Waals surface area contributed by atoms with Crippen LogP contribution in [0.15, 0.2) is 59.0 Å². The van der Waals surface area contributed by atoms with Crippen LogP contribution in [0.1, 0.15) is 5.56 Å². The third-order valence-corrected chi connectivity index (χ3v) is 4.65. The summed E-state index contributed by atoms with van der Waals surface area (Å²) in [4.78, 5) is 27.0. The van der Waals surface area contributed by atoms with Crippen molar-refractivity contribution < 1.29 is 14.0 Å². The minimum atomic E-state index is -0.659. The molecule has 2 amide bonds. The topological polar surface area (TPSA) is 49.4 Å². The first-order valence-electron chi connectivity index (χ1n) is 7.31. The molecule has 0 atom stereocenters. The van der Waals surface area contributed by atoms with E-state index in [-0.39, 0.29) is 16.4 Å². The number of carbonyl (C=O) groups excluding carboxylic acids is 2. The molecule has 1 aliphatic heterocycles. The van der Waals surface area contributed by atoms with Crippen LogP contribution in [-0.2, 0) is 9.59 Å². The molecule has 25 heavy (non-hydrogen) atoms. The van der Waals surface area contributed by atoms with Crippen molar-refractivity contribution >= 4 is 52.7 Å². The van der Waals surface area contributed by atoms with Gasteiger partial charge in [0.15, 0.2) is 5.11 Å². The number of amides is 2. The van der Waals surface area contributed by atoms with Gasteiger partial charge in [0, 0.05) is 4.90 Å². The number of benzene rings is 2. The van der Waals surface area contributed by atoms with Crippen LogP contribution in [0.4, 0.5) is 10.1 Å². The first-order chi connectivity index (χ1) is 12.0. The number of thiocarbonyl (C=S) groups is 1. The van der Waals surface area contributed by atoms with Crippen LogP contribution in [0.3, 0.4) is 0 Å². The number of halogens is 1. The molecule has 0 radical (unpaired) electrons. The molecule has 0 aliphatic carbocycles. The zero-order valence-corrected chi connectivity index (χ0v) is 14.8. The number of nitrogens with zero attached hydrogens (tertiary/aromatic N) is 1. The van der Waals surface area contributed by atoms with E-state index in [1.54, 1.807) is 30.0 Å². The normalized spacial score (nSPS) is 16.3. The first kappa shape index (κ1) is 17.3. The molecule has 0 spiro atoms. The molecule has 1 N–H and O–H groups in total. The van der Waals surface area contributed by atoms with Gasteiger partial charge in [-0.2, -0.15) is 0 Å². The Morgan fingerprint density at radius 1 is 1.12 bits per heavy atom. The van der Waals surface area contributed by atoms with Crippen LogP contribution in [0.5, 0.6) is 0 Å². The molecule has 0 bridgehead atoms. The lowest BCUT2D eigenvalue weighted by Crippen LogP contribution is -2.54. The minimum Gasteiger partial charge on any atom is -0.298 e. The summed E-state index contributed by atoms with van der Waals surface area (Å²) < 4.78 is 14.1. The Balaban J connectivity index is 2.00. The van der Waals surface area contributed by atoms with Crippen LogP contribution in [0.2, 0.25) is 0 Å². The zero-order valence-electron chi connectivity index (χ0n) is 13.2. The van der Waals surface area contributed by atoms with E-state index in [9.17, 15) is 14.0 Å². The molecule has 0 saturated carbocycles. The number of carbonyl (C=O) groups is 2. The van der Waals surface area contributed by atoms with E-state index in [4.69, 9.17) is 12.2 Å². The molecule has 2 aromatic carbocycles. The van der Waals surface area contributed by atoms with Gasteiger partial charge in [-0.05, 0) is 54.4 Å². The van der Waals surface area contributed by atoms with Crippen molar-refractivity contribution in [1.82, 2.24) is 5.32 Å². The Morgan fingerprint density at radius 3 is 2.44 bits per heavy atom. The second kappa shape index (κ2) is 7.16. The predicted molar refractivity (Wildman–Crippen MR) is 101 cm³/mol. The number of nitrogens with one attached hydrogen (secondary N) is 1. The Kier molecular flexibility index (Phi) is 4.96. The molecule has 1 saturated heterocycles. The maximum Gasteiger partial charge on any atom is 0.270 e. The molecule has 4 nitrogen and oxygen atoms in total. The van der Waals surface area contributed by atoms with E-state index in [1.165, 1.54) is 24.3 Å². The second-order valence-electron chi connectivity index (χ2n) is 5.18. The Bertz CT molecular complexity index is 894. The molecule has 7 heteroatoms. The molecule has 1 aliphatic rings. The monoisotopic (exact) mass is 372 g/mol. The van der Waals surface area contributed by atoms with E-state index >= 15 is 0 Å². The summed E-state index contributed by atoms with van der Waals surface area (Å²) in [5.74, 6) is -1.86. The minimum absolute atomic E-state index is 0.00105. The molecule has 1 fully saturated rings. The smallest absolute Gasteiger partial charge is 0.270 e. The van der Waals surface area contributed by atoms with Crippen molar-refractivity contribution in [2.75, 3.05) is 11.2 Å². The van der Waals surface area contributed by atoms with Crippen molar-refractivity contribution in [3.8, 4) is 0 Å². The maximum atomic E-state index is 14.1. The molecular formula is C18H13FN2O2S2. The highest BCUT2D eigenvalue weighted by atomic mass is 32.2. The number of rotatable bonds is 3. The highest BCUT2D eigenvalue weighted by molar-refractivity contribution is 7.98. The highest BCUT2D eigenvalue weighted by Crippen LogP contribution is 2.25. The number of thioether (sulfide) groups is 1. The molecular weight excluding hydrogens is 359 g/mol. The fraction of sp³-hybridized carbons (Fsp3) is 0.0556. The van der Waals surface area contributed by atoms with Crippen molar-refractivity contribution in [3.63, 3.8) is 0 Å². The quantitative estimate of drug-likeness (QED) is 0.388. The summed E-state index contributed by atoms with van der Waals surface area (Å²) in [6.07, 6.45) is 3.43. The van der Waals surface area contributed by atoms with Crippen LogP contribution >= 0.6 is 24.0 Å². The van der Waals surface area contributed by atoms with E-state index < -0.39 is 17.6 Å². The Labute approximate surface area is 153 Å². The number of anilines is 1. The fourth-order valence-corrected chi connectivity index (χ4v) is 3.06. The summed E-state index contributed by atoms with van der Waals surface area (Å²) in [6, 6.07) is 13.2. The summed E-state index contributed by atoms with van der Waals surface area (Å²) in [7, 11) is 0. The SMILES string of the molecule is CSc1ccc(C=C2C(=O)NC(=S)N(c3ccccc3F)C2=O)cc1. The third kappa shape index (κ3) is 3.47. The van der Waals surface area contributed by atoms with E-state index in [1.807, 2.05) is 18.4 Å². The first-order valence-corrected chi connectivity index (χ1v) is 8.94. The largest absolute Gasteiger partial charge is 0.298 e. The summed E-state index contributed by atoms with van der Waals surface area (Å²) in [5.41, 5.74) is 0.590. The fourth-order valence-electron chi connectivity index (χ4n) is 2.38. The maximum absolute atomic E-state index is 14.1. The van der Waals surface area contributed by atoms with E-state index in [0.29, 0.717) is 5.56 Å². The lowest BCUT2D eigenvalue weighted by molar-refractivity contribution is -0.122. The number of hydrogen-bond donors (Lipinski definition) is 1. The summed E-state index contributed by atoms with van der Waals surface area (Å²) in [5, 5.41) is 2.29. The van der Waals surface area contributed by atoms with Crippen molar-refractivity contribution in [3.05, 3.63) is 65.5 Å². The Morgan fingerprint density at radius 2 is 1.80 bits per heavy atom. The van der Waals surface area contributed by atoms with Gasteiger partial charge in [-0.3, -0.25) is 14.9 Å². The lowest BCUT2D eigenvalue weighted by atomic mass is 10.1. The average Bonchev–Trinajstić information content (AvgIpc) is 2.60. The van der Waals surface area contributed by atoms with Gasteiger partial charge < -0.3 is 0 Å². The van der Waals surface area contributed by atoms with Gasteiger partial charge in [0.05, 0.1) is 5.69 Å².